The highest BCUT2D eigenvalue weighted by atomic mass is 35.5. The second-order valence-corrected chi connectivity index (χ2v) is 5.44. The summed E-state index contributed by atoms with van der Waals surface area (Å²) in [6, 6.07) is 15.9. The van der Waals surface area contributed by atoms with Gasteiger partial charge in [-0.25, -0.2) is 0 Å². The Balaban J connectivity index is 1.59. The van der Waals surface area contributed by atoms with Gasteiger partial charge in [-0.3, -0.25) is 9.59 Å². The van der Waals surface area contributed by atoms with Gasteiger partial charge in [0.15, 0.2) is 6.61 Å². The molecular weight excluding hydrogens is 330 g/mol. The maximum absolute atomic E-state index is 12.0. The van der Waals surface area contributed by atoms with Crippen LogP contribution in [0.4, 0.5) is 5.69 Å². The minimum Gasteiger partial charge on any atom is -0.482 e. The van der Waals surface area contributed by atoms with Gasteiger partial charge in [-0.2, -0.15) is 10.1 Å². The minimum atomic E-state index is -0.406. The third kappa shape index (κ3) is 3.72. The predicted octanol–water partition coefficient (Wildman–Crippen LogP) is 2.59. The van der Waals surface area contributed by atoms with Crippen molar-refractivity contribution in [2.24, 2.45) is 5.10 Å². The smallest absolute Gasteiger partial charge is 0.263 e. The van der Waals surface area contributed by atoms with Gasteiger partial charge in [0.2, 0.25) is 0 Å². The number of anilines is 1. The SMILES string of the molecule is O=C(COc1ccccc1Cl)NC1=NN(c2ccccc2)C(=O)C1. The zero-order valence-electron chi connectivity index (χ0n) is 12.6. The van der Waals surface area contributed by atoms with Crippen LogP contribution in [0.15, 0.2) is 59.7 Å². The summed E-state index contributed by atoms with van der Waals surface area (Å²) in [6.45, 7) is -0.220. The summed E-state index contributed by atoms with van der Waals surface area (Å²) in [5.41, 5.74) is 0.652. The first-order chi connectivity index (χ1) is 11.6. The van der Waals surface area contributed by atoms with E-state index in [0.29, 0.717) is 16.5 Å². The van der Waals surface area contributed by atoms with Gasteiger partial charge in [0, 0.05) is 0 Å². The maximum Gasteiger partial charge on any atom is 0.263 e. The van der Waals surface area contributed by atoms with Crippen molar-refractivity contribution in [2.45, 2.75) is 6.42 Å². The van der Waals surface area contributed by atoms with Crippen molar-refractivity contribution >= 4 is 34.9 Å². The average molecular weight is 344 g/mol. The van der Waals surface area contributed by atoms with Crippen molar-refractivity contribution in [1.29, 1.82) is 0 Å². The minimum absolute atomic E-state index is 0.0345. The molecule has 2 aromatic carbocycles. The number of ether oxygens (including phenoxy) is 1. The van der Waals surface area contributed by atoms with E-state index < -0.39 is 5.91 Å². The molecule has 1 heterocycles. The molecule has 0 unspecified atom stereocenters. The van der Waals surface area contributed by atoms with Crippen molar-refractivity contribution in [1.82, 2.24) is 5.32 Å². The lowest BCUT2D eigenvalue weighted by atomic mass is 10.3. The highest BCUT2D eigenvalue weighted by Gasteiger charge is 2.26. The standard InChI is InChI=1S/C17H14ClN3O3/c18-13-8-4-5-9-14(13)24-11-16(22)19-15-10-17(23)21(20-15)12-6-2-1-3-7-12/h1-9H,10-11H2,(H,19,20,22). The molecule has 2 aromatic rings. The first-order valence-corrected chi connectivity index (χ1v) is 7.64. The molecule has 1 N–H and O–H groups in total. The molecule has 0 saturated carbocycles. The van der Waals surface area contributed by atoms with E-state index in [4.69, 9.17) is 16.3 Å². The fourth-order valence-corrected chi connectivity index (χ4v) is 2.36. The molecule has 0 radical (unpaired) electrons. The number of nitrogens with zero attached hydrogens (tertiary/aromatic N) is 2. The Morgan fingerprint density at radius 1 is 1.17 bits per heavy atom. The van der Waals surface area contributed by atoms with Gasteiger partial charge in [-0.05, 0) is 24.3 Å². The highest BCUT2D eigenvalue weighted by Crippen LogP contribution is 2.23. The molecule has 1 aliphatic heterocycles. The molecule has 122 valence electrons. The van der Waals surface area contributed by atoms with Gasteiger partial charge in [-0.15, -0.1) is 0 Å². The van der Waals surface area contributed by atoms with Crippen LogP contribution >= 0.6 is 11.6 Å². The summed E-state index contributed by atoms with van der Waals surface area (Å²) in [5, 5.41) is 8.41. The number of hydrogen-bond donors (Lipinski definition) is 1. The third-order valence-corrected chi connectivity index (χ3v) is 3.57. The summed E-state index contributed by atoms with van der Waals surface area (Å²) < 4.78 is 5.35. The summed E-state index contributed by atoms with van der Waals surface area (Å²) >= 11 is 5.95. The van der Waals surface area contributed by atoms with Crippen LogP contribution in [0.2, 0.25) is 5.02 Å². The maximum atomic E-state index is 12.0. The summed E-state index contributed by atoms with van der Waals surface area (Å²) in [6.07, 6.45) is 0.0345. The monoisotopic (exact) mass is 343 g/mol. The van der Waals surface area contributed by atoms with Crippen LogP contribution in [0.3, 0.4) is 0 Å². The number of carbonyl (C=O) groups excluding carboxylic acids is 2. The zero-order valence-corrected chi connectivity index (χ0v) is 13.4. The molecule has 0 spiro atoms. The lowest BCUT2D eigenvalue weighted by Crippen LogP contribution is -2.33. The average Bonchev–Trinajstić information content (AvgIpc) is 2.95. The molecule has 3 rings (SSSR count). The van der Waals surface area contributed by atoms with Crippen LogP contribution in [0.25, 0.3) is 0 Å². The fraction of sp³-hybridized carbons (Fsp3) is 0.118. The van der Waals surface area contributed by atoms with E-state index in [2.05, 4.69) is 10.4 Å². The number of hydrazone groups is 1. The van der Waals surface area contributed by atoms with E-state index >= 15 is 0 Å². The van der Waals surface area contributed by atoms with Crippen LogP contribution in [0.5, 0.6) is 5.75 Å². The number of halogens is 1. The molecule has 6 nitrogen and oxygen atoms in total. The van der Waals surface area contributed by atoms with Crippen molar-refractivity contribution in [3.63, 3.8) is 0 Å². The van der Waals surface area contributed by atoms with E-state index in [0.717, 1.165) is 0 Å². The molecule has 0 atom stereocenters. The predicted molar refractivity (Wildman–Crippen MR) is 91.1 cm³/mol. The summed E-state index contributed by atoms with van der Waals surface area (Å²) in [4.78, 5) is 23.9. The number of hydrogen-bond acceptors (Lipinski definition) is 4. The van der Waals surface area contributed by atoms with Gasteiger partial charge in [0.25, 0.3) is 11.8 Å². The Bertz CT molecular complexity index is 793. The molecule has 0 bridgehead atoms. The number of rotatable bonds is 4. The Morgan fingerprint density at radius 3 is 2.62 bits per heavy atom. The van der Waals surface area contributed by atoms with Crippen LogP contribution in [-0.2, 0) is 9.59 Å². The first kappa shape index (κ1) is 16.0. The van der Waals surface area contributed by atoms with Crippen molar-refractivity contribution in [2.75, 3.05) is 11.6 Å². The second-order valence-electron chi connectivity index (χ2n) is 5.03. The largest absolute Gasteiger partial charge is 0.482 e. The normalized spacial score (nSPS) is 13.6. The number of nitrogens with one attached hydrogen (secondary N) is 1. The lowest BCUT2D eigenvalue weighted by Gasteiger charge is -2.10. The lowest BCUT2D eigenvalue weighted by molar-refractivity contribution is -0.121. The van der Waals surface area contributed by atoms with Crippen molar-refractivity contribution in [3.8, 4) is 5.75 Å². The van der Waals surface area contributed by atoms with Crippen molar-refractivity contribution < 1.29 is 14.3 Å². The molecule has 1 aliphatic rings. The Kier molecular flexibility index (Phi) is 4.77. The molecule has 0 saturated heterocycles. The van der Waals surface area contributed by atoms with Gasteiger partial charge in [0.1, 0.15) is 11.6 Å². The Morgan fingerprint density at radius 2 is 1.88 bits per heavy atom. The van der Waals surface area contributed by atoms with Gasteiger partial charge < -0.3 is 10.1 Å². The summed E-state index contributed by atoms with van der Waals surface area (Å²) in [7, 11) is 0. The van der Waals surface area contributed by atoms with Crippen LogP contribution in [0, 0.1) is 0 Å². The third-order valence-electron chi connectivity index (χ3n) is 3.26. The number of benzene rings is 2. The van der Waals surface area contributed by atoms with E-state index in [1.54, 1.807) is 36.4 Å². The fourth-order valence-electron chi connectivity index (χ4n) is 2.17. The molecule has 2 amide bonds. The Labute approximate surface area is 143 Å². The van der Waals surface area contributed by atoms with Crippen molar-refractivity contribution in [3.05, 3.63) is 59.6 Å². The molecule has 7 heteroatoms. The van der Waals surface area contributed by atoms with E-state index in [9.17, 15) is 9.59 Å². The van der Waals surface area contributed by atoms with Gasteiger partial charge in [-0.1, -0.05) is 41.9 Å². The van der Waals surface area contributed by atoms with Gasteiger partial charge in [0.05, 0.1) is 17.1 Å². The number of amidine groups is 1. The first-order valence-electron chi connectivity index (χ1n) is 7.26. The zero-order chi connectivity index (χ0) is 16.9. The van der Waals surface area contributed by atoms with Crippen LogP contribution in [-0.4, -0.2) is 24.3 Å². The number of amides is 2. The van der Waals surface area contributed by atoms with E-state index in [-0.39, 0.29) is 24.8 Å². The van der Waals surface area contributed by atoms with E-state index in [1.165, 1.54) is 5.01 Å². The number of carbonyl (C=O) groups is 2. The highest BCUT2D eigenvalue weighted by molar-refractivity contribution is 6.32. The Hall–Kier alpha value is -2.86. The quantitative estimate of drug-likeness (QED) is 0.927. The van der Waals surface area contributed by atoms with Gasteiger partial charge >= 0.3 is 0 Å². The molecule has 0 aliphatic carbocycles. The molecular formula is C17H14ClN3O3. The van der Waals surface area contributed by atoms with Crippen LogP contribution < -0.4 is 15.1 Å². The number of para-hydroxylation sites is 2. The second kappa shape index (κ2) is 7.14. The topological polar surface area (TPSA) is 71.0 Å². The summed E-state index contributed by atoms with van der Waals surface area (Å²) in [5.74, 6) is 0.0983. The van der Waals surface area contributed by atoms with Crippen LogP contribution in [0.1, 0.15) is 6.42 Å². The van der Waals surface area contributed by atoms with E-state index in [1.807, 2.05) is 18.2 Å². The molecule has 0 fully saturated rings. The molecule has 0 aromatic heterocycles. The molecule has 24 heavy (non-hydrogen) atoms.